The van der Waals surface area contributed by atoms with Crippen LogP contribution in [0.1, 0.15) is 19.4 Å². The summed E-state index contributed by atoms with van der Waals surface area (Å²) in [6.07, 6.45) is 5.51. The number of imidazole rings is 1. The first kappa shape index (κ1) is 26.3. The van der Waals surface area contributed by atoms with Crippen molar-refractivity contribution in [2.45, 2.75) is 43.9 Å². The second kappa shape index (κ2) is 9.31. The third-order valence-corrected chi connectivity index (χ3v) is 10.2. The molecule has 208 valence electrons. The molecule has 10 nitrogen and oxygen atoms in total. The lowest BCUT2D eigenvalue weighted by atomic mass is 9.77. The molecule has 3 aromatic rings. The first-order valence-electron chi connectivity index (χ1n) is 13.2. The van der Waals surface area contributed by atoms with Gasteiger partial charge in [-0.2, -0.15) is 0 Å². The molecule has 0 unspecified atom stereocenters. The largest absolute Gasteiger partial charge is 0.543 e. The summed E-state index contributed by atoms with van der Waals surface area (Å²) < 4.78 is 33.6. The highest BCUT2D eigenvalue weighted by Gasteiger charge is 2.59. The minimum absolute atomic E-state index is 0.157. The first-order valence-corrected chi connectivity index (χ1v) is 14.7. The number of carboxylic acid groups (broad SMARTS) is 1. The zero-order valence-corrected chi connectivity index (χ0v) is 23.2. The second-order valence-corrected chi connectivity index (χ2v) is 12.6. The molecule has 1 amide bonds. The number of anilines is 1. The maximum absolute atomic E-state index is 14.2. The van der Waals surface area contributed by atoms with E-state index in [1.54, 1.807) is 31.2 Å². The number of aliphatic hydroxyl groups excluding tert-OH is 1. The van der Waals surface area contributed by atoms with E-state index in [2.05, 4.69) is 0 Å². The molecule has 1 N–H and O–H groups in total. The van der Waals surface area contributed by atoms with Crippen LogP contribution in [-0.4, -0.2) is 53.6 Å². The zero-order valence-electron chi connectivity index (χ0n) is 22.4. The van der Waals surface area contributed by atoms with Gasteiger partial charge in [0.1, 0.15) is 12.4 Å². The van der Waals surface area contributed by atoms with Gasteiger partial charge in [-0.25, -0.2) is 17.6 Å². The topological polar surface area (TPSA) is 127 Å². The molecule has 2 aromatic carbocycles. The number of carbonyl (C=O) groups is 2. The fourth-order valence-electron chi connectivity index (χ4n) is 6.51. The molecule has 1 aromatic heterocycles. The number of benzene rings is 2. The summed E-state index contributed by atoms with van der Waals surface area (Å²) in [6.45, 7) is 3.68. The molecule has 0 radical (unpaired) electrons. The second-order valence-electron chi connectivity index (χ2n) is 10.8. The number of β-lactam (4-membered cyclic amide) rings is 1. The number of carbonyl (C=O) groups excluding carboxylic acids is 2. The lowest BCUT2D eigenvalue weighted by molar-refractivity contribution is -0.671. The van der Waals surface area contributed by atoms with E-state index in [1.165, 1.54) is 11.2 Å². The Hall–Kier alpha value is -3.96. The van der Waals surface area contributed by atoms with Crippen molar-refractivity contribution in [3.8, 4) is 11.1 Å². The van der Waals surface area contributed by atoms with E-state index in [1.807, 2.05) is 53.1 Å². The predicted octanol–water partition coefficient (Wildman–Crippen LogP) is 0.593. The number of aliphatic hydroxyl groups is 1. The average Bonchev–Trinajstić information content (AvgIpc) is 3.43. The number of nitrogens with zero attached hydrogens (tertiary/aromatic N) is 4. The maximum atomic E-state index is 14.2. The summed E-state index contributed by atoms with van der Waals surface area (Å²) in [5.74, 6) is -3.26. The van der Waals surface area contributed by atoms with Crippen molar-refractivity contribution < 1.29 is 32.8 Å². The molecule has 1 fully saturated rings. The van der Waals surface area contributed by atoms with Gasteiger partial charge in [0.25, 0.3) is 10.0 Å². The van der Waals surface area contributed by atoms with Crippen LogP contribution in [-0.2, 0) is 39.6 Å². The van der Waals surface area contributed by atoms with Crippen molar-refractivity contribution >= 4 is 27.6 Å². The average molecular weight is 563 g/mol. The Morgan fingerprint density at radius 2 is 1.93 bits per heavy atom. The van der Waals surface area contributed by atoms with Crippen molar-refractivity contribution in [3.05, 3.63) is 78.0 Å². The molecule has 0 spiro atoms. The maximum Gasteiger partial charge on any atom is 0.265 e. The van der Waals surface area contributed by atoms with Gasteiger partial charge in [-0.1, -0.05) is 37.3 Å². The third kappa shape index (κ3) is 3.79. The minimum atomic E-state index is -4.09. The minimum Gasteiger partial charge on any atom is -0.543 e. The van der Waals surface area contributed by atoms with Gasteiger partial charge < -0.3 is 19.9 Å². The summed E-state index contributed by atoms with van der Waals surface area (Å²) in [5.41, 5.74) is 2.71. The number of aromatic nitrogens is 2. The van der Waals surface area contributed by atoms with Crippen LogP contribution in [0.25, 0.3) is 11.1 Å². The Kier molecular flexibility index (Phi) is 6.11. The predicted molar refractivity (Wildman–Crippen MR) is 143 cm³/mol. The molecule has 0 bridgehead atoms. The molecule has 1 saturated heterocycles. The summed E-state index contributed by atoms with van der Waals surface area (Å²) in [6, 6.07) is 11.9. The van der Waals surface area contributed by atoms with Crippen LogP contribution in [0.15, 0.2) is 77.4 Å². The van der Waals surface area contributed by atoms with Gasteiger partial charge in [0.05, 0.1) is 60.5 Å². The van der Waals surface area contributed by atoms with Crippen LogP contribution in [0.5, 0.6) is 0 Å². The standard InChI is InChI=1S/C29H30N4O6S/c1-17-21(27(29(36)37)33-26(17)24(18(2)34)28(33)35)15-32-22-9-5-4-8-20(22)25-19(7-6-10-23(25)40(32,38)39)11-12-31-14-13-30(3)16-31/h4-10,13-14,16-18,24,26,34H,11-12,15H2,1-3H3/t17-,18+,24+,26+/m0/s1. The number of aryl methyl sites for hydroxylation is 3. The Bertz CT molecular complexity index is 1690. The molecule has 3 aliphatic heterocycles. The summed E-state index contributed by atoms with van der Waals surface area (Å²) >= 11 is 0. The number of hydrogen-bond donors (Lipinski definition) is 1. The molecule has 4 heterocycles. The van der Waals surface area contributed by atoms with Crippen molar-refractivity contribution in [1.29, 1.82) is 0 Å². The van der Waals surface area contributed by atoms with E-state index in [0.29, 0.717) is 29.8 Å². The van der Waals surface area contributed by atoms with Gasteiger partial charge in [0.15, 0.2) is 0 Å². The zero-order chi connectivity index (χ0) is 28.5. The van der Waals surface area contributed by atoms with Crippen LogP contribution in [0, 0.1) is 11.8 Å². The molecule has 6 rings (SSSR count). The summed E-state index contributed by atoms with van der Waals surface area (Å²) in [5, 5.41) is 22.4. The van der Waals surface area contributed by atoms with Gasteiger partial charge in [0.2, 0.25) is 12.2 Å². The highest BCUT2D eigenvalue weighted by atomic mass is 32.2. The quantitative estimate of drug-likeness (QED) is 0.332. The van der Waals surface area contributed by atoms with E-state index >= 15 is 0 Å². The SMILES string of the molecule is C[C@@H](O)[C@H]1C(=O)N2C(C(=O)[O-])=C(CN3c4ccccc4-c4c(CCn5cc[n+](C)c5)cccc4S3(=O)=O)[C@H](C)[C@H]12. The monoisotopic (exact) mass is 562 g/mol. The fourth-order valence-corrected chi connectivity index (χ4v) is 8.22. The van der Waals surface area contributed by atoms with Crippen LogP contribution in [0.2, 0.25) is 0 Å². The number of fused-ring (bicyclic) bond motifs is 4. The highest BCUT2D eigenvalue weighted by Crippen LogP contribution is 2.50. The Morgan fingerprint density at radius 1 is 1.18 bits per heavy atom. The summed E-state index contributed by atoms with van der Waals surface area (Å²) in [7, 11) is -2.16. The lowest BCUT2D eigenvalue weighted by Gasteiger charge is -2.47. The van der Waals surface area contributed by atoms with Crippen molar-refractivity contribution in [1.82, 2.24) is 9.47 Å². The normalized spacial score (nSPS) is 23.4. The van der Waals surface area contributed by atoms with E-state index in [0.717, 1.165) is 16.0 Å². The van der Waals surface area contributed by atoms with Crippen LogP contribution in [0.4, 0.5) is 5.69 Å². The third-order valence-electron chi connectivity index (χ3n) is 8.41. The highest BCUT2D eigenvalue weighted by molar-refractivity contribution is 7.93. The molecule has 40 heavy (non-hydrogen) atoms. The number of carboxylic acids is 1. The Balaban J connectivity index is 1.42. The van der Waals surface area contributed by atoms with E-state index in [9.17, 15) is 28.2 Å². The molecule has 3 aliphatic rings. The van der Waals surface area contributed by atoms with E-state index < -0.39 is 45.9 Å². The number of sulfonamides is 1. The molecular weight excluding hydrogens is 532 g/mol. The number of aliphatic carboxylic acids is 1. The summed E-state index contributed by atoms with van der Waals surface area (Å²) in [4.78, 5) is 26.3. The van der Waals surface area contributed by atoms with Gasteiger partial charge >= 0.3 is 0 Å². The Labute approximate surface area is 232 Å². The Morgan fingerprint density at radius 3 is 2.60 bits per heavy atom. The van der Waals surface area contributed by atoms with Crippen LogP contribution in [0.3, 0.4) is 0 Å². The van der Waals surface area contributed by atoms with Crippen molar-refractivity contribution in [2.24, 2.45) is 18.9 Å². The van der Waals surface area contributed by atoms with Crippen LogP contribution >= 0.6 is 0 Å². The van der Waals surface area contributed by atoms with E-state index in [4.69, 9.17) is 0 Å². The smallest absolute Gasteiger partial charge is 0.265 e. The van der Waals surface area contributed by atoms with Crippen LogP contribution < -0.4 is 14.0 Å². The van der Waals surface area contributed by atoms with Gasteiger partial charge in [-0.15, -0.1) is 0 Å². The number of para-hydroxylation sites is 1. The molecule has 0 saturated carbocycles. The molecule has 4 atom stereocenters. The van der Waals surface area contributed by atoms with Gasteiger partial charge in [-0.05, 0) is 30.2 Å². The lowest BCUT2D eigenvalue weighted by Crippen LogP contribution is -2.64. The molecular formula is C29H30N4O6S. The van der Waals surface area contributed by atoms with Gasteiger partial charge in [-0.3, -0.25) is 9.10 Å². The van der Waals surface area contributed by atoms with Gasteiger partial charge in [0, 0.05) is 23.5 Å². The molecule has 0 aliphatic carbocycles. The van der Waals surface area contributed by atoms with E-state index in [-0.39, 0.29) is 17.1 Å². The first-order chi connectivity index (χ1) is 19.0. The molecule has 11 heteroatoms. The number of hydrogen-bond acceptors (Lipinski definition) is 6. The fraction of sp³-hybridized carbons (Fsp3) is 0.345. The van der Waals surface area contributed by atoms with Crippen molar-refractivity contribution in [2.75, 3.05) is 10.8 Å². The number of rotatable bonds is 7. The number of amides is 1. The van der Waals surface area contributed by atoms with Crippen molar-refractivity contribution in [3.63, 3.8) is 0 Å².